The number of carbonyl (C=O) groups is 1. The summed E-state index contributed by atoms with van der Waals surface area (Å²) in [6, 6.07) is 3.63. The zero-order valence-corrected chi connectivity index (χ0v) is 8.27. The molecule has 0 aliphatic carbocycles. The molecule has 1 amide bonds. The normalized spacial score (nSPS) is 11.3. The number of benzene rings is 1. The van der Waals surface area contributed by atoms with Crippen molar-refractivity contribution in [3.63, 3.8) is 0 Å². The predicted octanol–water partition coefficient (Wildman–Crippen LogP) is 2.73. The van der Waals surface area contributed by atoms with Gasteiger partial charge in [-0.1, -0.05) is 0 Å². The summed E-state index contributed by atoms with van der Waals surface area (Å²) in [4.78, 5) is 10.9. The lowest BCUT2D eigenvalue weighted by atomic mass is 10.2. The minimum Gasteiger partial charge on any atom is -0.321 e. The van der Waals surface area contributed by atoms with Gasteiger partial charge in [-0.15, -0.1) is 0 Å². The van der Waals surface area contributed by atoms with Gasteiger partial charge in [0, 0.05) is 12.6 Å². The van der Waals surface area contributed by atoms with Crippen LogP contribution in [0.3, 0.4) is 0 Å². The van der Waals surface area contributed by atoms with E-state index < -0.39 is 17.6 Å². The van der Waals surface area contributed by atoms with Crippen molar-refractivity contribution in [1.82, 2.24) is 0 Å². The van der Waals surface area contributed by atoms with E-state index in [-0.39, 0.29) is 11.3 Å². The Kier molecular flexibility index (Phi) is 3.02. The van der Waals surface area contributed by atoms with Crippen LogP contribution in [0.5, 0.6) is 0 Å². The monoisotopic (exact) mass is 217 g/mol. The maximum atomic E-state index is 12.8. The summed E-state index contributed by atoms with van der Waals surface area (Å²) in [7, 11) is 0. The molecule has 0 saturated carbocycles. The number of nitrogens with one attached hydrogen (secondary N) is 1. The second-order valence-corrected chi connectivity index (χ2v) is 3.31. The predicted molar refractivity (Wildman–Crippen MR) is 50.4 cm³/mol. The quantitative estimate of drug-likeness (QED) is 0.810. The summed E-state index contributed by atoms with van der Waals surface area (Å²) >= 11 is 0. The average molecular weight is 217 g/mol. The van der Waals surface area contributed by atoms with Crippen molar-refractivity contribution in [2.24, 2.45) is 0 Å². The lowest BCUT2D eigenvalue weighted by molar-refractivity contribution is -0.137. The Morgan fingerprint density at radius 2 is 2.00 bits per heavy atom. The van der Waals surface area contributed by atoms with Crippen molar-refractivity contribution >= 4 is 11.6 Å². The molecule has 0 spiro atoms. The van der Waals surface area contributed by atoms with Gasteiger partial charge in [0.25, 0.3) is 5.91 Å². The molecule has 0 unspecified atom stereocenters. The fourth-order valence-corrected chi connectivity index (χ4v) is 0.963. The molecule has 1 rings (SSSR count). The van der Waals surface area contributed by atoms with E-state index in [2.05, 4.69) is 0 Å². The van der Waals surface area contributed by atoms with E-state index >= 15 is 0 Å². The van der Waals surface area contributed by atoms with Crippen molar-refractivity contribution in [1.29, 1.82) is 0 Å². The molecule has 0 aliphatic heterocycles. The van der Waals surface area contributed by atoms with Crippen LogP contribution < -0.4 is 5.32 Å². The molecule has 1 aromatic carbocycles. The van der Waals surface area contributed by atoms with Crippen molar-refractivity contribution in [2.75, 3.05) is 5.32 Å². The molecule has 0 saturated heterocycles. The minimum atomic E-state index is -3.44. The summed E-state index contributed by atoms with van der Waals surface area (Å²) in [6.07, 6.45) is 0. The molecule has 0 aliphatic rings. The standard InChI is InChI=1S/C10H10F3NO/c1-6-5-7(3-4-8(6)11)14-9(15)10(2,12)13/h3-5H,1-2H3,(H,14,15). The van der Waals surface area contributed by atoms with E-state index in [9.17, 15) is 18.0 Å². The number of alkyl halides is 2. The summed E-state index contributed by atoms with van der Waals surface area (Å²) < 4.78 is 37.8. The van der Waals surface area contributed by atoms with Crippen molar-refractivity contribution in [3.8, 4) is 0 Å². The molecule has 82 valence electrons. The third kappa shape index (κ3) is 2.97. The highest BCUT2D eigenvalue weighted by Crippen LogP contribution is 2.18. The van der Waals surface area contributed by atoms with Crippen LogP contribution >= 0.6 is 0 Å². The zero-order valence-electron chi connectivity index (χ0n) is 8.27. The smallest absolute Gasteiger partial charge is 0.321 e. The van der Waals surface area contributed by atoms with Crippen LogP contribution in [0, 0.1) is 12.7 Å². The maximum Gasteiger partial charge on any atom is 0.322 e. The lowest BCUT2D eigenvalue weighted by Gasteiger charge is -2.11. The highest BCUT2D eigenvalue weighted by Gasteiger charge is 2.32. The van der Waals surface area contributed by atoms with Gasteiger partial charge >= 0.3 is 5.92 Å². The Balaban J connectivity index is 2.83. The largest absolute Gasteiger partial charge is 0.322 e. The van der Waals surface area contributed by atoms with E-state index in [0.29, 0.717) is 6.92 Å². The SMILES string of the molecule is Cc1cc(NC(=O)C(C)(F)F)ccc1F. The van der Waals surface area contributed by atoms with Gasteiger partial charge < -0.3 is 5.32 Å². The second kappa shape index (κ2) is 3.92. The number of aryl methyl sites for hydroxylation is 1. The minimum absolute atomic E-state index is 0.153. The molecule has 15 heavy (non-hydrogen) atoms. The molecule has 0 atom stereocenters. The highest BCUT2D eigenvalue weighted by molar-refractivity contribution is 5.95. The van der Waals surface area contributed by atoms with Gasteiger partial charge in [-0.3, -0.25) is 4.79 Å². The number of carbonyl (C=O) groups excluding carboxylic acids is 1. The van der Waals surface area contributed by atoms with Gasteiger partial charge in [0.05, 0.1) is 0 Å². The molecule has 0 bridgehead atoms. The molecular formula is C10H10F3NO. The number of amides is 1. The molecule has 2 nitrogen and oxygen atoms in total. The number of hydrogen-bond acceptors (Lipinski definition) is 1. The van der Waals surface area contributed by atoms with Gasteiger partial charge in [-0.2, -0.15) is 8.78 Å². The first kappa shape index (κ1) is 11.6. The van der Waals surface area contributed by atoms with Crippen LogP contribution in [-0.4, -0.2) is 11.8 Å². The average Bonchev–Trinajstić information content (AvgIpc) is 2.10. The van der Waals surface area contributed by atoms with Crippen molar-refractivity contribution in [2.45, 2.75) is 19.8 Å². The first-order valence-electron chi connectivity index (χ1n) is 4.26. The lowest BCUT2D eigenvalue weighted by Crippen LogP contribution is -2.31. The van der Waals surface area contributed by atoms with Crippen LogP contribution in [0.25, 0.3) is 0 Å². The van der Waals surface area contributed by atoms with Gasteiger partial charge in [0.15, 0.2) is 0 Å². The Morgan fingerprint density at radius 1 is 1.40 bits per heavy atom. The van der Waals surface area contributed by atoms with E-state index in [4.69, 9.17) is 0 Å². The van der Waals surface area contributed by atoms with Crippen LogP contribution in [0.15, 0.2) is 18.2 Å². The third-order valence-electron chi connectivity index (χ3n) is 1.81. The summed E-state index contributed by atoms with van der Waals surface area (Å²) in [5.74, 6) is -5.30. The van der Waals surface area contributed by atoms with E-state index in [1.807, 2.05) is 5.32 Å². The maximum absolute atomic E-state index is 12.8. The Labute approximate surface area is 85.1 Å². The molecule has 0 aromatic heterocycles. The molecule has 0 heterocycles. The van der Waals surface area contributed by atoms with Gasteiger partial charge in [0.2, 0.25) is 0 Å². The molecule has 0 radical (unpaired) electrons. The fourth-order valence-electron chi connectivity index (χ4n) is 0.963. The summed E-state index contributed by atoms with van der Waals surface area (Å²) in [5, 5.41) is 1.99. The molecular weight excluding hydrogens is 207 g/mol. The second-order valence-electron chi connectivity index (χ2n) is 3.31. The van der Waals surface area contributed by atoms with E-state index in [1.165, 1.54) is 19.1 Å². The topological polar surface area (TPSA) is 29.1 Å². The first-order valence-corrected chi connectivity index (χ1v) is 4.26. The number of hydrogen-bond donors (Lipinski definition) is 1. The third-order valence-corrected chi connectivity index (χ3v) is 1.81. The summed E-state index contributed by atoms with van der Waals surface area (Å²) in [6.45, 7) is 1.98. The van der Waals surface area contributed by atoms with Crippen molar-refractivity contribution in [3.05, 3.63) is 29.6 Å². The Hall–Kier alpha value is -1.52. The van der Waals surface area contributed by atoms with E-state index in [1.54, 1.807) is 0 Å². The molecule has 1 aromatic rings. The van der Waals surface area contributed by atoms with Crippen LogP contribution in [0.2, 0.25) is 0 Å². The Bertz CT molecular complexity index is 385. The summed E-state index contributed by atoms with van der Waals surface area (Å²) in [5.41, 5.74) is 0.438. The zero-order chi connectivity index (χ0) is 11.6. The van der Waals surface area contributed by atoms with Crippen LogP contribution in [-0.2, 0) is 4.79 Å². The van der Waals surface area contributed by atoms with E-state index in [0.717, 1.165) is 6.07 Å². The van der Waals surface area contributed by atoms with Crippen LogP contribution in [0.4, 0.5) is 18.9 Å². The highest BCUT2D eigenvalue weighted by atomic mass is 19.3. The van der Waals surface area contributed by atoms with Gasteiger partial charge in [-0.25, -0.2) is 4.39 Å². The van der Waals surface area contributed by atoms with Crippen LogP contribution in [0.1, 0.15) is 12.5 Å². The van der Waals surface area contributed by atoms with Gasteiger partial charge in [-0.05, 0) is 30.7 Å². The number of rotatable bonds is 2. The molecule has 5 heteroatoms. The first-order chi connectivity index (χ1) is 6.80. The molecule has 0 fully saturated rings. The fraction of sp³-hybridized carbons (Fsp3) is 0.300. The number of halogens is 3. The molecule has 1 N–H and O–H groups in total. The van der Waals surface area contributed by atoms with Gasteiger partial charge in [0.1, 0.15) is 5.82 Å². The van der Waals surface area contributed by atoms with Crippen molar-refractivity contribution < 1.29 is 18.0 Å². The Morgan fingerprint density at radius 3 is 2.47 bits per heavy atom. The number of anilines is 1.